The zero-order valence-corrected chi connectivity index (χ0v) is 11.3. The lowest BCUT2D eigenvalue weighted by Crippen LogP contribution is -2.22. The molecule has 2 rings (SSSR count). The molecule has 18 heavy (non-hydrogen) atoms. The van der Waals surface area contributed by atoms with Gasteiger partial charge >= 0.3 is 5.97 Å². The zero-order valence-electron chi connectivity index (χ0n) is 11.3. The van der Waals surface area contributed by atoms with E-state index in [-0.39, 0.29) is 5.97 Å². The molecule has 0 aromatic rings. The molecular weight excluding hydrogens is 224 g/mol. The summed E-state index contributed by atoms with van der Waals surface area (Å²) in [7, 11) is 0. The minimum absolute atomic E-state index is 0.182. The molecule has 0 amide bonds. The average molecular weight is 244 g/mol. The molecule has 2 bridgehead atoms. The largest absolute Gasteiger partial charge is 0.426 e. The van der Waals surface area contributed by atoms with Crippen molar-refractivity contribution >= 4 is 5.97 Å². The van der Waals surface area contributed by atoms with Crippen molar-refractivity contribution in [1.29, 1.82) is 0 Å². The van der Waals surface area contributed by atoms with Gasteiger partial charge in [0.1, 0.15) is 5.76 Å². The Hall–Kier alpha value is -1.57. The van der Waals surface area contributed by atoms with Crippen molar-refractivity contribution in [3.8, 4) is 0 Å². The highest BCUT2D eigenvalue weighted by Gasteiger charge is 2.25. The number of carbonyl (C=O) groups is 1. The second kappa shape index (κ2) is 4.97. The van der Waals surface area contributed by atoms with Gasteiger partial charge in [0.2, 0.25) is 0 Å². The fourth-order valence-corrected chi connectivity index (χ4v) is 1.97. The SMILES string of the molecule is CC(C)(C)C(=O)OC1=C2C=CC=C[C@@H](CC=C1)C2. The van der Waals surface area contributed by atoms with Crippen LogP contribution in [0.25, 0.3) is 0 Å². The summed E-state index contributed by atoms with van der Waals surface area (Å²) in [5, 5.41) is 0. The Kier molecular flexibility index (Phi) is 3.55. The molecule has 0 saturated carbocycles. The Bertz CT molecular complexity index is 456. The summed E-state index contributed by atoms with van der Waals surface area (Å²) < 4.78 is 5.55. The van der Waals surface area contributed by atoms with Crippen LogP contribution in [0.1, 0.15) is 33.6 Å². The Labute approximate surface area is 109 Å². The molecule has 0 aromatic heterocycles. The van der Waals surface area contributed by atoms with Gasteiger partial charge in [-0.15, -0.1) is 0 Å². The maximum absolute atomic E-state index is 12.0. The Morgan fingerprint density at radius 1 is 1.28 bits per heavy atom. The third-order valence-electron chi connectivity index (χ3n) is 3.11. The molecule has 2 aliphatic rings. The molecular formula is C16H20O2. The lowest BCUT2D eigenvalue weighted by molar-refractivity contribution is -0.148. The molecule has 0 heterocycles. The van der Waals surface area contributed by atoms with Gasteiger partial charge in [-0.25, -0.2) is 0 Å². The van der Waals surface area contributed by atoms with E-state index in [1.807, 2.05) is 39.0 Å². The smallest absolute Gasteiger partial charge is 0.316 e. The normalized spacial score (nSPS) is 22.7. The molecule has 96 valence electrons. The first-order valence-electron chi connectivity index (χ1n) is 6.43. The van der Waals surface area contributed by atoms with E-state index >= 15 is 0 Å². The van der Waals surface area contributed by atoms with Gasteiger partial charge < -0.3 is 4.74 Å². The van der Waals surface area contributed by atoms with Crippen molar-refractivity contribution < 1.29 is 9.53 Å². The van der Waals surface area contributed by atoms with Crippen LogP contribution in [0.3, 0.4) is 0 Å². The summed E-state index contributed by atoms with van der Waals surface area (Å²) >= 11 is 0. The number of allylic oxidation sites excluding steroid dienone is 7. The number of hydrogen-bond acceptors (Lipinski definition) is 2. The average Bonchev–Trinajstić information content (AvgIpc) is 2.61. The Balaban J connectivity index is 2.25. The van der Waals surface area contributed by atoms with Crippen LogP contribution in [0.15, 0.2) is 47.8 Å². The van der Waals surface area contributed by atoms with Crippen LogP contribution in [0.2, 0.25) is 0 Å². The van der Waals surface area contributed by atoms with Crippen molar-refractivity contribution in [1.82, 2.24) is 0 Å². The molecule has 0 N–H and O–H groups in total. The first-order chi connectivity index (χ1) is 8.47. The van der Waals surface area contributed by atoms with Gasteiger partial charge in [-0.05, 0) is 51.2 Å². The lowest BCUT2D eigenvalue weighted by Gasteiger charge is -2.18. The molecule has 0 aromatic carbocycles. The van der Waals surface area contributed by atoms with Crippen LogP contribution in [0, 0.1) is 11.3 Å². The fraction of sp³-hybridized carbons (Fsp3) is 0.438. The first kappa shape index (κ1) is 12.9. The molecule has 0 aliphatic heterocycles. The van der Waals surface area contributed by atoms with E-state index in [0.29, 0.717) is 11.7 Å². The lowest BCUT2D eigenvalue weighted by atomic mass is 9.97. The quantitative estimate of drug-likeness (QED) is 0.653. The molecule has 2 heteroatoms. The predicted octanol–water partition coefficient (Wildman–Crippen LogP) is 3.92. The second-order valence-corrected chi connectivity index (χ2v) is 5.88. The molecule has 0 unspecified atom stereocenters. The number of fused-ring (bicyclic) bond motifs is 2. The van der Waals surface area contributed by atoms with E-state index in [0.717, 1.165) is 18.4 Å². The highest BCUT2D eigenvalue weighted by molar-refractivity contribution is 5.77. The number of ether oxygens (including phenoxy) is 1. The number of esters is 1. The van der Waals surface area contributed by atoms with Crippen LogP contribution < -0.4 is 0 Å². The van der Waals surface area contributed by atoms with E-state index in [1.165, 1.54) is 0 Å². The maximum atomic E-state index is 12.0. The van der Waals surface area contributed by atoms with Gasteiger partial charge in [0.15, 0.2) is 0 Å². The molecule has 0 spiro atoms. The van der Waals surface area contributed by atoms with Crippen molar-refractivity contribution in [3.05, 3.63) is 47.8 Å². The minimum atomic E-state index is -0.472. The molecule has 0 radical (unpaired) electrons. The van der Waals surface area contributed by atoms with Crippen molar-refractivity contribution in [3.63, 3.8) is 0 Å². The van der Waals surface area contributed by atoms with Crippen molar-refractivity contribution in [2.75, 3.05) is 0 Å². The molecule has 0 fully saturated rings. The summed E-state index contributed by atoms with van der Waals surface area (Å²) in [6.07, 6.45) is 14.3. The van der Waals surface area contributed by atoms with Crippen LogP contribution in [-0.4, -0.2) is 5.97 Å². The van der Waals surface area contributed by atoms with Gasteiger partial charge in [0, 0.05) is 0 Å². The molecule has 2 aliphatic carbocycles. The molecule has 1 atom stereocenters. The van der Waals surface area contributed by atoms with Crippen LogP contribution in [0.5, 0.6) is 0 Å². The predicted molar refractivity (Wildman–Crippen MR) is 72.7 cm³/mol. The highest BCUT2D eigenvalue weighted by atomic mass is 16.5. The first-order valence-corrected chi connectivity index (χ1v) is 6.43. The number of rotatable bonds is 1. The van der Waals surface area contributed by atoms with Gasteiger partial charge in [0.05, 0.1) is 5.41 Å². The second-order valence-electron chi connectivity index (χ2n) is 5.88. The summed E-state index contributed by atoms with van der Waals surface area (Å²) in [5.74, 6) is 1.04. The van der Waals surface area contributed by atoms with Gasteiger partial charge in [-0.2, -0.15) is 0 Å². The van der Waals surface area contributed by atoms with Crippen LogP contribution in [-0.2, 0) is 9.53 Å². The third kappa shape index (κ3) is 3.00. The summed E-state index contributed by atoms with van der Waals surface area (Å²) in [4.78, 5) is 12.0. The van der Waals surface area contributed by atoms with Gasteiger partial charge in [0.25, 0.3) is 0 Å². The summed E-state index contributed by atoms with van der Waals surface area (Å²) in [6, 6.07) is 0. The minimum Gasteiger partial charge on any atom is -0.426 e. The van der Waals surface area contributed by atoms with Gasteiger partial charge in [-0.3, -0.25) is 4.79 Å². The zero-order chi connectivity index (χ0) is 13.2. The van der Waals surface area contributed by atoms with Crippen LogP contribution >= 0.6 is 0 Å². The summed E-state index contributed by atoms with van der Waals surface area (Å²) in [5.41, 5.74) is 0.635. The van der Waals surface area contributed by atoms with E-state index in [1.54, 1.807) is 0 Å². The number of carbonyl (C=O) groups excluding carboxylic acids is 1. The fourth-order valence-electron chi connectivity index (χ4n) is 1.97. The summed E-state index contributed by atoms with van der Waals surface area (Å²) in [6.45, 7) is 5.61. The van der Waals surface area contributed by atoms with Gasteiger partial charge in [-0.1, -0.05) is 30.4 Å². The topological polar surface area (TPSA) is 26.3 Å². The number of hydrogen-bond donors (Lipinski definition) is 0. The van der Waals surface area contributed by atoms with Crippen molar-refractivity contribution in [2.45, 2.75) is 33.6 Å². The Morgan fingerprint density at radius 3 is 2.78 bits per heavy atom. The molecule has 0 saturated heterocycles. The van der Waals surface area contributed by atoms with E-state index in [4.69, 9.17) is 4.74 Å². The highest BCUT2D eigenvalue weighted by Crippen LogP contribution is 2.29. The molecule has 2 nitrogen and oxygen atoms in total. The van der Waals surface area contributed by atoms with E-state index in [2.05, 4.69) is 18.2 Å². The van der Waals surface area contributed by atoms with E-state index in [9.17, 15) is 4.79 Å². The Morgan fingerprint density at radius 2 is 2.06 bits per heavy atom. The van der Waals surface area contributed by atoms with Crippen LogP contribution in [0.4, 0.5) is 0 Å². The third-order valence-corrected chi connectivity index (χ3v) is 3.11. The van der Waals surface area contributed by atoms with E-state index < -0.39 is 5.41 Å². The standard InChI is InChI=1S/C16H20O2/c1-16(2,3)15(17)18-14-10-6-8-12-7-4-5-9-13(14)11-12/h4-7,9-10,12H,8,11H2,1-3H3/t12-/m0/s1. The monoisotopic (exact) mass is 244 g/mol. The maximum Gasteiger partial charge on any atom is 0.316 e. The van der Waals surface area contributed by atoms with Crippen molar-refractivity contribution in [2.24, 2.45) is 11.3 Å².